The third kappa shape index (κ3) is 3.70. The van der Waals surface area contributed by atoms with Crippen molar-refractivity contribution in [1.82, 2.24) is 4.98 Å². The molecule has 2 heterocycles. The number of carbonyl (C=O) groups is 1. The SMILES string of the molecule is COC(=O)Cc1nc(-c2ccc(-c3ccc([N+](=O)[O-])cc3Cl)o2)cs1. The Kier molecular flexibility index (Phi) is 4.82. The van der Waals surface area contributed by atoms with Crippen LogP contribution in [0.25, 0.3) is 22.8 Å². The summed E-state index contributed by atoms with van der Waals surface area (Å²) in [6.07, 6.45) is 0.100. The number of benzene rings is 1. The molecule has 3 rings (SSSR count). The number of aromatic nitrogens is 1. The number of ether oxygens (including phenoxy) is 1. The summed E-state index contributed by atoms with van der Waals surface area (Å²) in [6.45, 7) is 0. The van der Waals surface area contributed by atoms with Crippen LogP contribution in [0.2, 0.25) is 5.02 Å². The zero-order valence-electron chi connectivity index (χ0n) is 12.9. The number of nitrogens with zero attached hydrogens (tertiary/aromatic N) is 2. The zero-order chi connectivity index (χ0) is 18.0. The quantitative estimate of drug-likeness (QED) is 0.372. The van der Waals surface area contributed by atoms with Crippen LogP contribution in [0.4, 0.5) is 5.69 Å². The summed E-state index contributed by atoms with van der Waals surface area (Å²) in [7, 11) is 1.32. The van der Waals surface area contributed by atoms with Gasteiger partial charge < -0.3 is 9.15 Å². The molecule has 1 aromatic carbocycles. The van der Waals surface area contributed by atoms with E-state index in [4.69, 9.17) is 16.0 Å². The molecule has 0 spiro atoms. The Morgan fingerprint density at radius 3 is 2.80 bits per heavy atom. The third-order valence-corrected chi connectivity index (χ3v) is 4.52. The fourth-order valence-corrected chi connectivity index (χ4v) is 3.18. The lowest BCUT2D eigenvalue weighted by Gasteiger charge is -2.00. The lowest BCUT2D eigenvalue weighted by Crippen LogP contribution is -2.03. The van der Waals surface area contributed by atoms with Gasteiger partial charge in [-0.05, 0) is 18.2 Å². The van der Waals surface area contributed by atoms with Crippen LogP contribution >= 0.6 is 22.9 Å². The number of nitro benzene ring substituents is 1. The van der Waals surface area contributed by atoms with E-state index in [1.165, 1.54) is 36.6 Å². The van der Waals surface area contributed by atoms with Crippen LogP contribution in [0, 0.1) is 10.1 Å². The van der Waals surface area contributed by atoms with Gasteiger partial charge in [0.2, 0.25) is 0 Å². The maximum atomic E-state index is 11.3. The lowest BCUT2D eigenvalue weighted by molar-refractivity contribution is -0.384. The molecule has 0 bridgehead atoms. The Hall–Kier alpha value is -2.71. The van der Waals surface area contributed by atoms with E-state index in [9.17, 15) is 14.9 Å². The third-order valence-electron chi connectivity index (χ3n) is 3.36. The maximum absolute atomic E-state index is 11.3. The van der Waals surface area contributed by atoms with Gasteiger partial charge in [-0.25, -0.2) is 4.98 Å². The van der Waals surface area contributed by atoms with Gasteiger partial charge in [0.05, 0.1) is 23.5 Å². The van der Waals surface area contributed by atoms with Gasteiger partial charge >= 0.3 is 5.97 Å². The largest absolute Gasteiger partial charge is 0.469 e. The monoisotopic (exact) mass is 378 g/mol. The van der Waals surface area contributed by atoms with Crippen molar-refractivity contribution in [2.24, 2.45) is 0 Å². The maximum Gasteiger partial charge on any atom is 0.312 e. The summed E-state index contributed by atoms with van der Waals surface area (Å²) >= 11 is 7.44. The Bertz CT molecular complexity index is 950. The first kappa shape index (κ1) is 17.1. The second kappa shape index (κ2) is 7.04. The van der Waals surface area contributed by atoms with Crippen molar-refractivity contribution in [3.63, 3.8) is 0 Å². The smallest absolute Gasteiger partial charge is 0.312 e. The molecule has 0 radical (unpaired) electrons. The molecule has 0 N–H and O–H groups in total. The van der Waals surface area contributed by atoms with Crippen LogP contribution in [0.5, 0.6) is 0 Å². The first-order valence-corrected chi connectivity index (χ1v) is 8.29. The number of furan rings is 1. The van der Waals surface area contributed by atoms with Gasteiger partial charge in [-0.15, -0.1) is 11.3 Å². The van der Waals surface area contributed by atoms with Gasteiger partial charge in [0.15, 0.2) is 5.76 Å². The number of hydrogen-bond acceptors (Lipinski definition) is 7. The van der Waals surface area contributed by atoms with E-state index in [-0.39, 0.29) is 23.1 Å². The Morgan fingerprint density at radius 1 is 1.36 bits per heavy atom. The molecule has 9 heteroatoms. The second-order valence-corrected chi connectivity index (χ2v) is 6.31. The number of nitro groups is 1. The lowest BCUT2D eigenvalue weighted by atomic mass is 10.1. The van der Waals surface area contributed by atoms with Crippen LogP contribution in [-0.4, -0.2) is 23.0 Å². The van der Waals surface area contributed by atoms with E-state index in [0.717, 1.165) is 0 Å². The molecule has 0 saturated carbocycles. The fourth-order valence-electron chi connectivity index (χ4n) is 2.14. The van der Waals surface area contributed by atoms with Crippen LogP contribution in [-0.2, 0) is 16.0 Å². The van der Waals surface area contributed by atoms with Crippen molar-refractivity contribution in [1.29, 1.82) is 0 Å². The van der Waals surface area contributed by atoms with Crippen molar-refractivity contribution < 1.29 is 18.9 Å². The molecule has 0 aliphatic rings. The van der Waals surface area contributed by atoms with E-state index < -0.39 is 4.92 Å². The topological polar surface area (TPSA) is 95.5 Å². The molecule has 0 atom stereocenters. The fraction of sp³-hybridized carbons (Fsp3) is 0.125. The molecule has 0 amide bonds. The molecule has 25 heavy (non-hydrogen) atoms. The van der Waals surface area contributed by atoms with Gasteiger partial charge in [0.25, 0.3) is 5.69 Å². The minimum absolute atomic E-state index is 0.0903. The molecule has 0 fully saturated rings. The molecule has 128 valence electrons. The molecule has 3 aromatic rings. The first-order valence-electron chi connectivity index (χ1n) is 7.03. The number of rotatable bonds is 5. The number of non-ortho nitro benzene ring substituents is 1. The van der Waals surface area contributed by atoms with Gasteiger partial charge in [0.1, 0.15) is 16.5 Å². The number of hydrogen-bond donors (Lipinski definition) is 0. The number of methoxy groups -OCH3 is 1. The van der Waals surface area contributed by atoms with Crippen molar-refractivity contribution >= 4 is 34.6 Å². The van der Waals surface area contributed by atoms with Gasteiger partial charge in [0, 0.05) is 23.1 Å². The average molecular weight is 379 g/mol. The second-order valence-electron chi connectivity index (χ2n) is 4.96. The standard InChI is InChI=1S/C16H11ClN2O5S/c1-23-16(20)7-15-18-12(8-25-15)14-5-4-13(24-14)10-3-2-9(19(21)22)6-11(10)17/h2-6,8H,7H2,1H3. The minimum Gasteiger partial charge on any atom is -0.469 e. The summed E-state index contributed by atoms with van der Waals surface area (Å²) in [5.41, 5.74) is 1.05. The van der Waals surface area contributed by atoms with Gasteiger partial charge in [-0.3, -0.25) is 14.9 Å². The predicted molar refractivity (Wildman–Crippen MR) is 92.6 cm³/mol. The van der Waals surface area contributed by atoms with E-state index in [0.29, 0.717) is 27.8 Å². The number of thiazole rings is 1. The van der Waals surface area contributed by atoms with Gasteiger partial charge in [-0.1, -0.05) is 11.6 Å². The Labute approximate surface area is 151 Å². The molecule has 0 aliphatic carbocycles. The van der Waals surface area contributed by atoms with E-state index in [1.807, 2.05) is 0 Å². The molecular weight excluding hydrogens is 368 g/mol. The Morgan fingerprint density at radius 2 is 2.12 bits per heavy atom. The molecule has 2 aromatic heterocycles. The van der Waals surface area contributed by atoms with Crippen molar-refractivity contribution in [3.05, 3.63) is 55.9 Å². The molecule has 0 aliphatic heterocycles. The number of carbonyl (C=O) groups excluding carboxylic acids is 1. The van der Waals surface area contributed by atoms with Crippen LogP contribution in [0.1, 0.15) is 5.01 Å². The summed E-state index contributed by atoms with van der Waals surface area (Å²) in [4.78, 5) is 25.9. The first-order chi connectivity index (χ1) is 12.0. The average Bonchev–Trinajstić information content (AvgIpc) is 3.23. The Balaban J connectivity index is 1.86. The molecular formula is C16H11ClN2O5S. The minimum atomic E-state index is -0.513. The number of esters is 1. The van der Waals surface area contributed by atoms with Gasteiger partial charge in [-0.2, -0.15) is 0 Å². The summed E-state index contributed by atoms with van der Waals surface area (Å²) in [5, 5.41) is 13.4. The van der Waals surface area contributed by atoms with Crippen LogP contribution in [0.15, 0.2) is 40.1 Å². The highest BCUT2D eigenvalue weighted by Crippen LogP contribution is 2.34. The molecule has 0 saturated heterocycles. The molecule has 0 unspecified atom stereocenters. The van der Waals surface area contributed by atoms with E-state index >= 15 is 0 Å². The molecule has 7 nitrogen and oxygen atoms in total. The van der Waals surface area contributed by atoms with Crippen LogP contribution < -0.4 is 0 Å². The van der Waals surface area contributed by atoms with Crippen molar-refractivity contribution in [2.75, 3.05) is 7.11 Å². The summed E-state index contributed by atoms with van der Waals surface area (Å²) in [6, 6.07) is 7.61. The zero-order valence-corrected chi connectivity index (χ0v) is 14.5. The van der Waals surface area contributed by atoms with Crippen LogP contribution in [0.3, 0.4) is 0 Å². The normalized spacial score (nSPS) is 10.6. The highest BCUT2D eigenvalue weighted by atomic mass is 35.5. The summed E-state index contributed by atoms with van der Waals surface area (Å²) in [5.74, 6) is 0.618. The number of halogens is 1. The highest BCUT2D eigenvalue weighted by molar-refractivity contribution is 7.10. The van der Waals surface area contributed by atoms with Crippen molar-refractivity contribution in [3.8, 4) is 22.8 Å². The predicted octanol–water partition coefficient (Wildman–Crippen LogP) is 4.35. The van der Waals surface area contributed by atoms with E-state index in [1.54, 1.807) is 17.5 Å². The summed E-state index contributed by atoms with van der Waals surface area (Å²) < 4.78 is 10.4. The van der Waals surface area contributed by atoms with Crippen molar-refractivity contribution in [2.45, 2.75) is 6.42 Å². The highest BCUT2D eigenvalue weighted by Gasteiger charge is 2.16. The van der Waals surface area contributed by atoms with E-state index in [2.05, 4.69) is 9.72 Å².